The van der Waals surface area contributed by atoms with Crippen molar-refractivity contribution in [2.24, 2.45) is 0 Å². The molecule has 3 N–H and O–H groups in total. The average Bonchev–Trinajstić information content (AvgIpc) is 2.80. The summed E-state index contributed by atoms with van der Waals surface area (Å²) in [7, 11) is 0. The number of rotatable bonds is 2. The molecule has 0 radical (unpaired) electrons. The number of nitrogens with one attached hydrogen (secondary N) is 1. The number of carbonyl (C=O) groups is 1. The summed E-state index contributed by atoms with van der Waals surface area (Å²) in [6.07, 6.45) is 7.10. The Morgan fingerprint density at radius 3 is 2.81 bits per heavy atom. The second-order valence-electron chi connectivity index (χ2n) is 5.38. The SMILES string of the molecule is Nc1cccc(C(=O)Nc2nc3c(s2)CCCCCC3)c1. The van der Waals surface area contributed by atoms with Crippen molar-refractivity contribution >= 4 is 28.1 Å². The van der Waals surface area contributed by atoms with Gasteiger partial charge in [0.15, 0.2) is 5.13 Å². The minimum absolute atomic E-state index is 0.149. The summed E-state index contributed by atoms with van der Waals surface area (Å²) in [5.41, 5.74) is 8.04. The maximum Gasteiger partial charge on any atom is 0.257 e. The summed E-state index contributed by atoms with van der Waals surface area (Å²) in [5.74, 6) is -0.149. The highest BCUT2D eigenvalue weighted by Crippen LogP contribution is 2.28. The van der Waals surface area contributed by atoms with Gasteiger partial charge in [-0.3, -0.25) is 10.1 Å². The zero-order chi connectivity index (χ0) is 14.7. The molecular weight excluding hydrogens is 282 g/mol. The molecule has 0 bridgehead atoms. The second-order valence-corrected chi connectivity index (χ2v) is 6.47. The number of nitrogens with zero attached hydrogens (tertiary/aromatic N) is 1. The Kier molecular flexibility index (Phi) is 4.20. The van der Waals surface area contributed by atoms with Crippen LogP contribution in [0.15, 0.2) is 24.3 Å². The van der Waals surface area contributed by atoms with Crippen LogP contribution in [0, 0.1) is 0 Å². The summed E-state index contributed by atoms with van der Waals surface area (Å²) in [5, 5.41) is 3.60. The van der Waals surface area contributed by atoms with E-state index in [4.69, 9.17) is 5.73 Å². The number of nitrogen functional groups attached to an aromatic ring is 1. The molecule has 2 aromatic rings. The summed E-state index contributed by atoms with van der Waals surface area (Å²) in [6, 6.07) is 6.99. The summed E-state index contributed by atoms with van der Waals surface area (Å²) >= 11 is 1.61. The van der Waals surface area contributed by atoms with Gasteiger partial charge in [0, 0.05) is 16.1 Å². The third-order valence-electron chi connectivity index (χ3n) is 3.71. The van der Waals surface area contributed by atoms with Gasteiger partial charge in [-0.2, -0.15) is 0 Å². The lowest BCUT2D eigenvalue weighted by atomic mass is 10.0. The zero-order valence-electron chi connectivity index (χ0n) is 11.9. The van der Waals surface area contributed by atoms with Gasteiger partial charge in [-0.1, -0.05) is 18.9 Å². The number of hydrogen-bond donors (Lipinski definition) is 2. The molecule has 3 rings (SSSR count). The molecule has 1 aliphatic carbocycles. The number of aryl methyl sites for hydroxylation is 2. The first-order chi connectivity index (χ1) is 10.2. The normalized spacial score (nSPS) is 14.9. The number of benzene rings is 1. The van der Waals surface area contributed by atoms with Gasteiger partial charge < -0.3 is 5.73 Å². The van der Waals surface area contributed by atoms with Crippen LogP contribution in [0.4, 0.5) is 10.8 Å². The molecule has 0 saturated heterocycles. The van der Waals surface area contributed by atoms with E-state index in [1.54, 1.807) is 35.6 Å². The highest BCUT2D eigenvalue weighted by Gasteiger charge is 2.15. The lowest BCUT2D eigenvalue weighted by molar-refractivity contribution is 0.102. The molecule has 0 spiro atoms. The summed E-state index contributed by atoms with van der Waals surface area (Å²) < 4.78 is 0. The Morgan fingerprint density at radius 1 is 1.19 bits per heavy atom. The van der Waals surface area contributed by atoms with Crippen molar-refractivity contribution in [2.45, 2.75) is 38.5 Å². The molecule has 1 aromatic carbocycles. The summed E-state index contributed by atoms with van der Waals surface area (Å²) in [6.45, 7) is 0. The van der Waals surface area contributed by atoms with Gasteiger partial charge in [0.25, 0.3) is 5.91 Å². The Hall–Kier alpha value is -1.88. The van der Waals surface area contributed by atoms with Crippen molar-refractivity contribution in [1.82, 2.24) is 4.98 Å². The lowest BCUT2D eigenvalue weighted by Crippen LogP contribution is -2.12. The van der Waals surface area contributed by atoms with Crippen molar-refractivity contribution in [3.63, 3.8) is 0 Å². The topological polar surface area (TPSA) is 68.0 Å². The Bertz CT molecular complexity index is 625. The van der Waals surface area contributed by atoms with E-state index >= 15 is 0 Å². The number of aromatic nitrogens is 1. The molecule has 1 aromatic heterocycles. The molecule has 0 fully saturated rings. The number of thiazole rings is 1. The number of amides is 1. The van der Waals surface area contributed by atoms with Gasteiger partial charge >= 0.3 is 0 Å². The molecule has 110 valence electrons. The van der Waals surface area contributed by atoms with E-state index < -0.39 is 0 Å². The largest absolute Gasteiger partial charge is 0.399 e. The fraction of sp³-hybridized carbons (Fsp3) is 0.375. The van der Waals surface area contributed by atoms with Crippen LogP contribution in [-0.2, 0) is 12.8 Å². The zero-order valence-corrected chi connectivity index (χ0v) is 12.7. The number of anilines is 2. The molecule has 1 amide bonds. The Labute approximate surface area is 128 Å². The monoisotopic (exact) mass is 301 g/mol. The lowest BCUT2D eigenvalue weighted by Gasteiger charge is -2.06. The minimum Gasteiger partial charge on any atom is -0.399 e. The first kappa shape index (κ1) is 14.1. The third-order valence-corrected chi connectivity index (χ3v) is 4.79. The van der Waals surface area contributed by atoms with E-state index in [2.05, 4.69) is 10.3 Å². The van der Waals surface area contributed by atoms with Gasteiger partial charge in [0.05, 0.1) is 5.69 Å². The fourth-order valence-electron chi connectivity index (χ4n) is 2.61. The van der Waals surface area contributed by atoms with Crippen molar-refractivity contribution in [3.05, 3.63) is 40.4 Å². The molecule has 1 heterocycles. The van der Waals surface area contributed by atoms with Crippen LogP contribution in [-0.4, -0.2) is 10.9 Å². The van der Waals surface area contributed by atoms with E-state index in [1.165, 1.54) is 36.3 Å². The van der Waals surface area contributed by atoms with Crippen molar-refractivity contribution < 1.29 is 4.79 Å². The average molecular weight is 301 g/mol. The van der Waals surface area contributed by atoms with Crippen LogP contribution in [0.2, 0.25) is 0 Å². The molecule has 1 aliphatic rings. The quantitative estimate of drug-likeness (QED) is 0.832. The molecule has 4 nitrogen and oxygen atoms in total. The van der Waals surface area contributed by atoms with Crippen LogP contribution >= 0.6 is 11.3 Å². The standard InChI is InChI=1S/C16H19N3OS/c17-12-7-5-6-11(10-12)15(20)19-16-18-13-8-3-1-2-4-9-14(13)21-16/h5-7,10H,1-4,8-9,17H2,(H,18,19,20). The predicted octanol–water partition coefficient (Wildman–Crippen LogP) is 3.64. The molecule has 0 unspecified atom stereocenters. The van der Waals surface area contributed by atoms with Gasteiger partial charge in [0.2, 0.25) is 0 Å². The summed E-state index contributed by atoms with van der Waals surface area (Å²) in [4.78, 5) is 18.1. The van der Waals surface area contributed by atoms with Gasteiger partial charge in [-0.05, 0) is 43.9 Å². The van der Waals surface area contributed by atoms with Crippen LogP contribution in [0.3, 0.4) is 0 Å². The van der Waals surface area contributed by atoms with Crippen LogP contribution < -0.4 is 11.1 Å². The molecule has 0 atom stereocenters. The number of nitrogens with two attached hydrogens (primary N) is 1. The van der Waals surface area contributed by atoms with Crippen molar-refractivity contribution in [2.75, 3.05) is 11.1 Å². The minimum atomic E-state index is -0.149. The molecule has 21 heavy (non-hydrogen) atoms. The maximum atomic E-state index is 12.2. The van der Waals surface area contributed by atoms with Crippen LogP contribution in [0.5, 0.6) is 0 Å². The third kappa shape index (κ3) is 3.42. The van der Waals surface area contributed by atoms with Crippen LogP contribution in [0.25, 0.3) is 0 Å². The number of hydrogen-bond acceptors (Lipinski definition) is 4. The fourth-order valence-corrected chi connectivity index (χ4v) is 3.65. The first-order valence-electron chi connectivity index (χ1n) is 7.38. The number of fused-ring (bicyclic) bond motifs is 1. The second kappa shape index (κ2) is 6.26. The maximum absolute atomic E-state index is 12.2. The Morgan fingerprint density at radius 2 is 2.00 bits per heavy atom. The van der Waals surface area contributed by atoms with Crippen LogP contribution in [0.1, 0.15) is 46.6 Å². The van der Waals surface area contributed by atoms with E-state index in [1.807, 2.05) is 0 Å². The van der Waals surface area contributed by atoms with E-state index in [-0.39, 0.29) is 5.91 Å². The van der Waals surface area contributed by atoms with Gasteiger partial charge in [-0.25, -0.2) is 4.98 Å². The molecule has 0 saturated carbocycles. The van der Waals surface area contributed by atoms with Crippen molar-refractivity contribution in [3.8, 4) is 0 Å². The van der Waals surface area contributed by atoms with Gasteiger partial charge in [0.1, 0.15) is 0 Å². The smallest absolute Gasteiger partial charge is 0.257 e. The van der Waals surface area contributed by atoms with E-state index in [0.29, 0.717) is 16.4 Å². The molecular formula is C16H19N3OS. The van der Waals surface area contributed by atoms with Crippen molar-refractivity contribution in [1.29, 1.82) is 0 Å². The molecule has 5 heteroatoms. The number of carbonyl (C=O) groups excluding carboxylic acids is 1. The highest BCUT2D eigenvalue weighted by molar-refractivity contribution is 7.15. The highest BCUT2D eigenvalue weighted by atomic mass is 32.1. The van der Waals surface area contributed by atoms with E-state index in [0.717, 1.165) is 12.8 Å². The van der Waals surface area contributed by atoms with Gasteiger partial charge in [-0.15, -0.1) is 11.3 Å². The Balaban J connectivity index is 1.75. The molecule has 0 aliphatic heterocycles. The first-order valence-corrected chi connectivity index (χ1v) is 8.19. The van der Waals surface area contributed by atoms with E-state index in [9.17, 15) is 4.79 Å². The predicted molar refractivity (Wildman–Crippen MR) is 86.8 cm³/mol.